The molecule has 244 valence electrons. The van der Waals surface area contributed by atoms with Gasteiger partial charge in [0, 0.05) is 27.5 Å². The summed E-state index contributed by atoms with van der Waals surface area (Å²) in [5, 5.41) is 11.5. The predicted molar refractivity (Wildman–Crippen MR) is 200 cm³/mol. The van der Waals surface area contributed by atoms with Crippen molar-refractivity contribution in [2.24, 2.45) is 17.8 Å². The van der Waals surface area contributed by atoms with Crippen LogP contribution in [0.25, 0.3) is 67.2 Å². The Morgan fingerprint density at radius 3 is 1.94 bits per heavy atom. The summed E-state index contributed by atoms with van der Waals surface area (Å²) in [6, 6.07) is 41.9. The molecule has 2 heterocycles. The van der Waals surface area contributed by atoms with Gasteiger partial charge in [0.05, 0.1) is 5.56 Å². The highest BCUT2D eigenvalue weighted by Crippen LogP contribution is 2.54. The lowest BCUT2D eigenvalue weighted by Crippen LogP contribution is -2.42. The fourth-order valence-electron chi connectivity index (χ4n) is 9.29. The van der Waals surface area contributed by atoms with Crippen LogP contribution in [-0.4, -0.2) is 15.0 Å². The first-order valence-electron chi connectivity index (χ1n) is 17.8. The molecule has 2 aliphatic carbocycles. The molecule has 0 aliphatic heterocycles. The van der Waals surface area contributed by atoms with Gasteiger partial charge in [-0.05, 0) is 102 Å². The summed E-state index contributed by atoms with van der Waals surface area (Å²) in [4.78, 5) is 15.3. The molecule has 2 saturated carbocycles. The first-order chi connectivity index (χ1) is 24.4. The van der Waals surface area contributed by atoms with E-state index in [1.807, 2.05) is 30.3 Å². The van der Waals surface area contributed by atoms with Crippen LogP contribution in [-0.2, 0) is 5.41 Å². The molecule has 2 aromatic heterocycles. The molecular weight excluding hydrogens is 613 g/mol. The second-order valence-electron chi connectivity index (χ2n) is 14.9. The van der Waals surface area contributed by atoms with Crippen LogP contribution in [0.2, 0.25) is 0 Å². The van der Waals surface area contributed by atoms with Crippen molar-refractivity contribution in [1.82, 2.24) is 15.0 Å². The van der Waals surface area contributed by atoms with Crippen molar-refractivity contribution >= 4 is 21.9 Å². The minimum absolute atomic E-state index is 0.264. The van der Waals surface area contributed by atoms with Crippen LogP contribution in [0, 0.1) is 29.1 Å². The maximum atomic E-state index is 9.68. The summed E-state index contributed by atoms with van der Waals surface area (Å²) in [6.07, 6.45) is 6.58. The van der Waals surface area contributed by atoms with E-state index in [1.54, 1.807) is 6.07 Å². The van der Waals surface area contributed by atoms with Gasteiger partial charge in [0.1, 0.15) is 11.7 Å². The topological polar surface area (TPSA) is 75.6 Å². The van der Waals surface area contributed by atoms with Crippen LogP contribution in [0.3, 0.4) is 0 Å². The van der Waals surface area contributed by atoms with Gasteiger partial charge in [0.15, 0.2) is 23.1 Å². The summed E-state index contributed by atoms with van der Waals surface area (Å²) < 4.78 is 6.13. The summed E-state index contributed by atoms with van der Waals surface area (Å²) in [6.45, 7) is 4.89. The Bertz CT molecular complexity index is 2400. The van der Waals surface area contributed by atoms with Crippen molar-refractivity contribution in [3.8, 4) is 51.4 Å². The number of aromatic nitrogens is 3. The molecule has 5 heteroatoms. The molecule has 0 spiro atoms. The zero-order valence-corrected chi connectivity index (χ0v) is 28.4. The zero-order chi connectivity index (χ0) is 33.8. The lowest BCUT2D eigenvalue weighted by atomic mass is 9.54. The standard InChI is InChI=1S/C45H38N4O/c1-28-20-30-21-29(2)25-45(24-28,26-30)37-17-14-32(15-18-37)42-47-43(34-11-6-10-33(22-34)31-8-4-3-5-9-31)49-44(48-42)35-16-19-40-39(23-35)38-13-7-12-36(27-46)41(38)50-40/h3-19,22-23,28-30H,20-21,24-26H2,1-2H3/t28-,29+,30?,45?. The Balaban J connectivity index is 1.17. The number of furan rings is 1. The average molecular weight is 651 g/mol. The van der Waals surface area contributed by atoms with E-state index in [1.165, 1.54) is 37.7 Å². The summed E-state index contributed by atoms with van der Waals surface area (Å²) in [5.41, 5.74) is 8.59. The van der Waals surface area contributed by atoms with Gasteiger partial charge in [-0.3, -0.25) is 0 Å². The lowest BCUT2D eigenvalue weighted by molar-refractivity contribution is 0.0780. The molecule has 2 aliphatic rings. The highest BCUT2D eigenvalue weighted by molar-refractivity contribution is 6.07. The average Bonchev–Trinajstić information content (AvgIpc) is 3.53. The maximum absolute atomic E-state index is 9.68. The van der Waals surface area contributed by atoms with Crippen molar-refractivity contribution in [3.05, 3.63) is 126 Å². The fourth-order valence-corrected chi connectivity index (χ4v) is 9.29. The van der Waals surface area contributed by atoms with E-state index in [2.05, 4.69) is 98.8 Å². The van der Waals surface area contributed by atoms with Gasteiger partial charge < -0.3 is 4.42 Å². The molecule has 50 heavy (non-hydrogen) atoms. The monoisotopic (exact) mass is 650 g/mol. The summed E-state index contributed by atoms with van der Waals surface area (Å²) in [5.74, 6) is 4.22. The maximum Gasteiger partial charge on any atom is 0.164 e. The van der Waals surface area contributed by atoms with Crippen LogP contribution in [0.1, 0.15) is 57.1 Å². The summed E-state index contributed by atoms with van der Waals surface area (Å²) >= 11 is 0. The van der Waals surface area contributed by atoms with Crippen LogP contribution >= 0.6 is 0 Å². The highest BCUT2D eigenvalue weighted by Gasteiger charge is 2.45. The number of hydrogen-bond donors (Lipinski definition) is 0. The molecule has 2 fully saturated rings. The van der Waals surface area contributed by atoms with Crippen molar-refractivity contribution in [2.75, 3.05) is 0 Å². The third-order valence-electron chi connectivity index (χ3n) is 11.1. The number of para-hydroxylation sites is 1. The second kappa shape index (κ2) is 12.1. The molecular formula is C45H38N4O. The van der Waals surface area contributed by atoms with Gasteiger partial charge in [-0.15, -0.1) is 0 Å². The summed E-state index contributed by atoms with van der Waals surface area (Å²) in [7, 11) is 0. The Labute approximate surface area is 292 Å². The SMILES string of the molecule is C[C@@H]1CC2C[C@H](C)CC(c3ccc(-c4nc(-c5cccc(-c6ccccc6)c5)nc(-c5ccc6oc7c(C#N)cccc7c6c5)n4)cc3)(C2)C1. The molecule has 0 saturated heterocycles. The molecule has 9 rings (SSSR count). The Kier molecular flexibility index (Phi) is 7.35. The predicted octanol–water partition coefficient (Wildman–Crippen LogP) is 11.4. The number of fused-ring (bicyclic) bond motifs is 5. The number of nitrogens with zero attached hydrogens (tertiary/aromatic N) is 4. The second-order valence-corrected chi connectivity index (χ2v) is 14.9. The number of rotatable bonds is 5. The smallest absolute Gasteiger partial charge is 0.164 e. The van der Waals surface area contributed by atoms with Gasteiger partial charge in [-0.25, -0.2) is 15.0 Å². The van der Waals surface area contributed by atoms with Crippen molar-refractivity contribution < 1.29 is 4.42 Å². The van der Waals surface area contributed by atoms with Crippen LogP contribution in [0.4, 0.5) is 0 Å². The highest BCUT2D eigenvalue weighted by atomic mass is 16.3. The quantitative estimate of drug-likeness (QED) is 0.185. The van der Waals surface area contributed by atoms with E-state index in [9.17, 15) is 5.26 Å². The molecule has 5 nitrogen and oxygen atoms in total. The molecule has 0 radical (unpaired) electrons. The van der Waals surface area contributed by atoms with Gasteiger partial charge >= 0.3 is 0 Å². The minimum atomic E-state index is 0.264. The van der Waals surface area contributed by atoms with E-state index < -0.39 is 0 Å². The fraction of sp³-hybridized carbons (Fsp3) is 0.244. The van der Waals surface area contributed by atoms with Gasteiger partial charge in [0.2, 0.25) is 0 Å². The third kappa shape index (κ3) is 5.36. The first kappa shape index (κ1) is 30.5. The van der Waals surface area contributed by atoms with Crippen LogP contribution in [0.5, 0.6) is 0 Å². The van der Waals surface area contributed by atoms with E-state index >= 15 is 0 Å². The van der Waals surface area contributed by atoms with E-state index in [-0.39, 0.29) is 5.41 Å². The number of benzene rings is 5. The van der Waals surface area contributed by atoms with Crippen molar-refractivity contribution in [3.63, 3.8) is 0 Å². The van der Waals surface area contributed by atoms with Crippen molar-refractivity contribution in [1.29, 1.82) is 5.26 Å². The van der Waals surface area contributed by atoms with Gasteiger partial charge in [-0.2, -0.15) is 5.26 Å². The normalized spacial score (nSPS) is 21.7. The van der Waals surface area contributed by atoms with Crippen LogP contribution in [0.15, 0.2) is 120 Å². The largest absolute Gasteiger partial charge is 0.455 e. The number of hydrogen-bond acceptors (Lipinski definition) is 5. The minimum Gasteiger partial charge on any atom is -0.455 e. The Hall–Kier alpha value is -5.60. The molecule has 0 N–H and O–H groups in total. The Morgan fingerprint density at radius 2 is 1.22 bits per heavy atom. The van der Waals surface area contributed by atoms with Crippen LogP contribution < -0.4 is 0 Å². The molecule has 2 unspecified atom stereocenters. The lowest BCUT2D eigenvalue weighted by Gasteiger charge is -2.50. The van der Waals surface area contributed by atoms with Gasteiger partial charge in [0.25, 0.3) is 0 Å². The van der Waals surface area contributed by atoms with E-state index in [0.29, 0.717) is 28.6 Å². The Morgan fingerprint density at radius 1 is 0.600 bits per heavy atom. The first-order valence-corrected chi connectivity index (χ1v) is 17.8. The molecule has 4 atom stereocenters. The molecule has 7 aromatic rings. The van der Waals surface area contributed by atoms with E-state index in [0.717, 1.165) is 61.9 Å². The molecule has 2 bridgehead atoms. The third-order valence-corrected chi connectivity index (χ3v) is 11.1. The van der Waals surface area contributed by atoms with E-state index in [4.69, 9.17) is 19.4 Å². The molecule has 0 amide bonds. The van der Waals surface area contributed by atoms with Gasteiger partial charge in [-0.1, -0.05) is 98.8 Å². The molecule has 5 aromatic carbocycles. The number of nitriles is 1. The van der Waals surface area contributed by atoms with Crippen molar-refractivity contribution in [2.45, 2.75) is 51.4 Å². The zero-order valence-electron chi connectivity index (χ0n) is 28.4.